The zero-order valence-electron chi connectivity index (χ0n) is 9.75. The molecule has 86 valence electrons. The van der Waals surface area contributed by atoms with Crippen molar-refractivity contribution in [1.29, 1.82) is 0 Å². The summed E-state index contributed by atoms with van der Waals surface area (Å²) in [6.07, 6.45) is 0.545. The summed E-state index contributed by atoms with van der Waals surface area (Å²) >= 11 is 0. The van der Waals surface area contributed by atoms with Crippen LogP contribution in [-0.2, 0) is 4.74 Å². The van der Waals surface area contributed by atoms with E-state index in [-0.39, 0.29) is 0 Å². The second kappa shape index (κ2) is 6.91. The molecule has 1 amide bonds. The fourth-order valence-corrected chi connectivity index (χ4v) is 2.21. The Morgan fingerprint density at radius 3 is 3.00 bits per heavy atom. The predicted molar refractivity (Wildman–Crippen MR) is 67.4 cm³/mol. The fraction of sp³-hybridized carbons (Fsp3) is 0.417. The van der Waals surface area contributed by atoms with Crippen molar-refractivity contribution in [3.8, 4) is 0 Å². The molecule has 0 heterocycles. The van der Waals surface area contributed by atoms with Gasteiger partial charge in [0.15, 0.2) is 0 Å². The van der Waals surface area contributed by atoms with Crippen LogP contribution in [0, 0.1) is 12.1 Å². The Labute approximate surface area is 98.4 Å². The van der Waals surface area contributed by atoms with Gasteiger partial charge in [0.25, 0.3) is 0 Å². The summed E-state index contributed by atoms with van der Waals surface area (Å²) in [6, 6.07) is 12.0. The summed E-state index contributed by atoms with van der Waals surface area (Å²) < 4.78 is 5.03. The lowest BCUT2D eigenvalue weighted by Gasteiger charge is -2.06. The lowest BCUT2D eigenvalue weighted by molar-refractivity contribution is 0.161. The summed E-state index contributed by atoms with van der Waals surface area (Å²) in [7, 11) is -0.525. The molecule has 0 radical (unpaired) electrons. The van der Waals surface area contributed by atoms with Crippen LogP contribution in [0.15, 0.2) is 18.2 Å². The summed E-state index contributed by atoms with van der Waals surface area (Å²) in [6.45, 7) is 5.07. The molecule has 3 nitrogen and oxygen atoms in total. The SMILES string of the molecule is C[SiH](C)CCCOC(=O)Nc1c#cccc1. The van der Waals surface area contributed by atoms with Crippen molar-refractivity contribution < 1.29 is 9.53 Å². The molecule has 0 saturated heterocycles. The number of hydrogen-bond donors (Lipinski definition) is 1. The van der Waals surface area contributed by atoms with Gasteiger partial charge in [-0.3, -0.25) is 5.32 Å². The lowest BCUT2D eigenvalue weighted by atomic mass is 10.4. The molecule has 1 aromatic carbocycles. The number of nitrogens with one attached hydrogen (secondary N) is 1. The summed E-state index contributed by atoms with van der Waals surface area (Å²) in [5.74, 6) is 0. The van der Waals surface area contributed by atoms with Crippen molar-refractivity contribution in [3.63, 3.8) is 0 Å². The summed E-state index contributed by atoms with van der Waals surface area (Å²) in [5, 5.41) is 2.59. The third kappa shape index (κ3) is 5.42. The molecule has 16 heavy (non-hydrogen) atoms. The highest BCUT2D eigenvalue weighted by molar-refractivity contribution is 6.55. The molecular formula is C12H17NO2Si. The van der Waals surface area contributed by atoms with E-state index in [4.69, 9.17) is 4.74 Å². The second-order valence-electron chi connectivity index (χ2n) is 4.01. The number of ether oxygens (including phenoxy) is 1. The molecule has 0 fully saturated rings. The van der Waals surface area contributed by atoms with Crippen LogP contribution in [0.4, 0.5) is 10.5 Å². The molecule has 1 rings (SSSR count). The highest BCUT2D eigenvalue weighted by Crippen LogP contribution is 2.02. The molecule has 0 aliphatic rings. The Hall–Kier alpha value is -1.47. The van der Waals surface area contributed by atoms with E-state index < -0.39 is 14.9 Å². The maximum absolute atomic E-state index is 11.3. The minimum atomic E-state index is -0.525. The van der Waals surface area contributed by atoms with E-state index in [1.807, 2.05) is 0 Å². The molecule has 0 aliphatic heterocycles. The molecule has 0 unspecified atom stereocenters. The van der Waals surface area contributed by atoms with Crippen molar-refractivity contribution in [1.82, 2.24) is 0 Å². The van der Waals surface area contributed by atoms with Crippen LogP contribution >= 0.6 is 0 Å². The average molecular weight is 235 g/mol. The van der Waals surface area contributed by atoms with Crippen LogP contribution in [0.1, 0.15) is 6.42 Å². The monoisotopic (exact) mass is 235 g/mol. The van der Waals surface area contributed by atoms with Crippen LogP contribution < -0.4 is 5.32 Å². The fourth-order valence-electron chi connectivity index (χ4n) is 1.23. The maximum atomic E-state index is 11.3. The van der Waals surface area contributed by atoms with Gasteiger partial charge < -0.3 is 4.74 Å². The van der Waals surface area contributed by atoms with Crippen molar-refractivity contribution in [2.75, 3.05) is 11.9 Å². The molecule has 0 aromatic heterocycles. The molecular weight excluding hydrogens is 218 g/mol. The summed E-state index contributed by atoms with van der Waals surface area (Å²) in [5.41, 5.74) is 0.589. The Morgan fingerprint density at radius 1 is 1.56 bits per heavy atom. The first-order valence-electron chi connectivity index (χ1n) is 5.50. The van der Waals surface area contributed by atoms with Gasteiger partial charge >= 0.3 is 6.09 Å². The molecule has 4 heteroatoms. The number of rotatable bonds is 5. The quantitative estimate of drug-likeness (QED) is 0.629. The predicted octanol–water partition coefficient (Wildman–Crippen LogP) is 2.71. The van der Waals surface area contributed by atoms with Gasteiger partial charge in [0, 0.05) is 8.80 Å². The highest BCUT2D eigenvalue weighted by Gasteiger charge is 2.02. The third-order valence-electron chi connectivity index (χ3n) is 2.04. The van der Waals surface area contributed by atoms with Crippen LogP contribution in [0.3, 0.4) is 0 Å². The van der Waals surface area contributed by atoms with Gasteiger partial charge in [-0.05, 0) is 24.6 Å². The molecule has 0 saturated carbocycles. The molecule has 0 aliphatic carbocycles. The van der Waals surface area contributed by atoms with Gasteiger partial charge in [-0.15, -0.1) is 0 Å². The van der Waals surface area contributed by atoms with Crippen molar-refractivity contribution in [2.45, 2.75) is 25.6 Å². The Bertz CT molecular complexity index is 314. The van der Waals surface area contributed by atoms with E-state index in [1.54, 1.807) is 18.2 Å². The van der Waals surface area contributed by atoms with Gasteiger partial charge in [0.1, 0.15) is 0 Å². The van der Waals surface area contributed by atoms with Gasteiger partial charge in [-0.1, -0.05) is 31.3 Å². The highest BCUT2D eigenvalue weighted by atomic mass is 28.3. The number of carbonyl (C=O) groups is 1. The largest absolute Gasteiger partial charge is 0.449 e. The second-order valence-corrected chi connectivity index (χ2v) is 7.37. The first-order valence-corrected chi connectivity index (χ1v) is 8.63. The van der Waals surface area contributed by atoms with Gasteiger partial charge in [0.05, 0.1) is 12.3 Å². The van der Waals surface area contributed by atoms with Crippen LogP contribution in [0.2, 0.25) is 19.1 Å². The molecule has 1 aromatic rings. The first-order chi connectivity index (χ1) is 7.68. The van der Waals surface area contributed by atoms with Crippen LogP contribution in [-0.4, -0.2) is 21.5 Å². The molecule has 0 atom stereocenters. The van der Waals surface area contributed by atoms with Gasteiger partial charge in [0.2, 0.25) is 0 Å². The topological polar surface area (TPSA) is 38.3 Å². The van der Waals surface area contributed by atoms with Crippen molar-refractivity contribution in [2.24, 2.45) is 0 Å². The van der Waals surface area contributed by atoms with Gasteiger partial charge in [-0.25, -0.2) is 4.79 Å². The van der Waals surface area contributed by atoms with Crippen molar-refractivity contribution in [3.05, 3.63) is 30.3 Å². The number of carbonyl (C=O) groups excluding carboxylic acids is 1. The minimum Gasteiger partial charge on any atom is -0.449 e. The standard InChI is InChI=1S/C12H17NO2Si/c1-16(2)10-6-9-15-12(14)13-11-7-4-3-5-8-11/h3-4,7,16H,6,9-10H2,1-2H3,(H,13,14). The van der Waals surface area contributed by atoms with E-state index in [1.165, 1.54) is 6.04 Å². The number of amides is 1. The number of anilines is 1. The average Bonchev–Trinajstić information content (AvgIpc) is 2.25. The smallest absolute Gasteiger partial charge is 0.412 e. The van der Waals surface area contributed by atoms with Gasteiger partial charge in [-0.2, -0.15) is 0 Å². The third-order valence-corrected chi connectivity index (χ3v) is 3.61. The summed E-state index contributed by atoms with van der Waals surface area (Å²) in [4.78, 5) is 11.3. The van der Waals surface area contributed by atoms with Crippen LogP contribution in [0.25, 0.3) is 0 Å². The molecule has 0 spiro atoms. The minimum absolute atomic E-state index is 0.415. The van der Waals surface area contributed by atoms with E-state index in [9.17, 15) is 4.79 Å². The van der Waals surface area contributed by atoms with E-state index in [0.29, 0.717) is 12.3 Å². The lowest BCUT2D eigenvalue weighted by Crippen LogP contribution is -2.14. The normalized spacial score (nSPS) is 9.69. The first kappa shape index (κ1) is 12.6. The maximum Gasteiger partial charge on any atom is 0.412 e. The Kier molecular flexibility index (Phi) is 5.44. The number of hydrogen-bond acceptors (Lipinski definition) is 2. The zero-order chi connectivity index (χ0) is 11.8. The van der Waals surface area contributed by atoms with Crippen molar-refractivity contribution >= 4 is 20.6 Å². The molecule has 0 bridgehead atoms. The van der Waals surface area contributed by atoms with E-state index in [2.05, 4.69) is 30.5 Å². The van der Waals surface area contributed by atoms with E-state index in [0.717, 1.165) is 6.42 Å². The Morgan fingerprint density at radius 2 is 2.38 bits per heavy atom. The Balaban J connectivity index is 2.17. The molecule has 1 N–H and O–H groups in total. The van der Waals surface area contributed by atoms with E-state index >= 15 is 0 Å². The van der Waals surface area contributed by atoms with Crippen LogP contribution in [0.5, 0.6) is 0 Å². The zero-order valence-corrected chi connectivity index (χ0v) is 10.9.